The van der Waals surface area contributed by atoms with Gasteiger partial charge in [0.25, 0.3) is 5.91 Å². The molecule has 1 atom stereocenters. The van der Waals surface area contributed by atoms with Crippen molar-refractivity contribution in [2.45, 2.75) is 19.4 Å². The molecule has 0 aliphatic heterocycles. The zero-order chi connectivity index (χ0) is 16.8. The first kappa shape index (κ1) is 16.5. The first-order chi connectivity index (χ1) is 11.0. The third-order valence-electron chi connectivity index (χ3n) is 3.45. The molecule has 1 amide bonds. The van der Waals surface area contributed by atoms with Crippen molar-refractivity contribution in [2.75, 3.05) is 7.11 Å². The molecule has 1 aromatic carbocycles. The van der Waals surface area contributed by atoms with Crippen LogP contribution >= 0.6 is 0 Å². The second-order valence-corrected chi connectivity index (χ2v) is 5.16. The Kier molecular flexibility index (Phi) is 5.30. The van der Waals surface area contributed by atoms with Crippen LogP contribution < -0.4 is 10.0 Å². The Hall–Kier alpha value is -2.89. The Morgan fingerprint density at radius 1 is 1.17 bits per heavy atom. The number of benzene rings is 1. The van der Waals surface area contributed by atoms with Crippen molar-refractivity contribution >= 4 is 11.9 Å². The van der Waals surface area contributed by atoms with Crippen molar-refractivity contribution in [3.63, 3.8) is 0 Å². The summed E-state index contributed by atoms with van der Waals surface area (Å²) >= 11 is 0. The van der Waals surface area contributed by atoms with Gasteiger partial charge in [-0.15, -0.1) is 0 Å². The van der Waals surface area contributed by atoms with Gasteiger partial charge in [-0.1, -0.05) is 29.8 Å². The minimum atomic E-state index is -0.505. The van der Waals surface area contributed by atoms with Gasteiger partial charge in [0, 0.05) is 12.1 Å². The Morgan fingerprint density at radius 3 is 2.35 bits per heavy atom. The predicted octanol–water partition coefficient (Wildman–Crippen LogP) is 1.66. The number of rotatable bonds is 5. The number of aryl methyl sites for hydroxylation is 1. The fourth-order valence-electron chi connectivity index (χ4n) is 2.11. The lowest BCUT2D eigenvalue weighted by Crippen LogP contribution is -2.31. The number of aromatic nitrogens is 1. The lowest BCUT2D eigenvalue weighted by atomic mass is 10.0. The second-order valence-electron chi connectivity index (χ2n) is 5.16. The van der Waals surface area contributed by atoms with Crippen molar-refractivity contribution in [3.8, 4) is 0 Å². The summed E-state index contributed by atoms with van der Waals surface area (Å²) < 4.78 is 5.29. The number of amides is 1. The molecule has 23 heavy (non-hydrogen) atoms. The van der Waals surface area contributed by atoms with Crippen LogP contribution in [0, 0.1) is 12.1 Å². The minimum absolute atomic E-state index is 0.0275. The molecule has 2 aromatic rings. The van der Waals surface area contributed by atoms with E-state index < -0.39 is 12.0 Å². The summed E-state index contributed by atoms with van der Waals surface area (Å²) in [5.41, 5.74) is 2.24. The van der Waals surface area contributed by atoms with Gasteiger partial charge in [-0.3, -0.25) is 9.59 Å². The highest BCUT2D eigenvalue weighted by atomic mass is 16.5. The number of carbonyl (C=O) groups is 2. The van der Waals surface area contributed by atoms with Crippen molar-refractivity contribution in [1.82, 2.24) is 5.32 Å². The highest BCUT2D eigenvalue weighted by Gasteiger charge is 2.20. The molecule has 0 spiro atoms. The maximum atomic E-state index is 12.3. The summed E-state index contributed by atoms with van der Waals surface area (Å²) in [7, 11) is 1.31. The van der Waals surface area contributed by atoms with Crippen LogP contribution in [0.15, 0.2) is 48.8 Å². The number of nitrogens with zero attached hydrogens (tertiary/aromatic N) is 1. The maximum Gasteiger partial charge on any atom is 0.307 e. The van der Waals surface area contributed by atoms with Gasteiger partial charge in [0.05, 0.1) is 25.1 Å². The molecule has 1 unspecified atom stereocenters. The summed E-state index contributed by atoms with van der Waals surface area (Å²) in [6.45, 7) is 1.96. The standard InChI is InChI=1S/C17H18N2O4/c1-12-3-5-13(6-4-12)15(11-16(20)23-2)18-17(21)14-7-9-19(22)10-8-14/h3-10,15H,11H2,1-2H3,(H,18,21). The average molecular weight is 314 g/mol. The van der Waals surface area contributed by atoms with Gasteiger partial charge >= 0.3 is 5.97 Å². The smallest absolute Gasteiger partial charge is 0.307 e. The molecule has 0 aliphatic rings. The molecule has 6 heteroatoms. The van der Waals surface area contributed by atoms with Gasteiger partial charge < -0.3 is 15.3 Å². The fourth-order valence-corrected chi connectivity index (χ4v) is 2.11. The van der Waals surface area contributed by atoms with E-state index in [0.717, 1.165) is 11.1 Å². The molecule has 2 rings (SSSR count). The van der Waals surface area contributed by atoms with E-state index in [9.17, 15) is 14.8 Å². The average Bonchev–Trinajstić information content (AvgIpc) is 2.55. The number of hydrogen-bond acceptors (Lipinski definition) is 4. The van der Waals surface area contributed by atoms with Gasteiger partial charge in [-0.25, -0.2) is 0 Å². The van der Waals surface area contributed by atoms with E-state index in [1.54, 1.807) is 0 Å². The first-order valence-electron chi connectivity index (χ1n) is 7.12. The van der Waals surface area contributed by atoms with E-state index in [0.29, 0.717) is 10.3 Å². The summed E-state index contributed by atoms with van der Waals surface area (Å²) in [6, 6.07) is 9.89. The molecule has 6 nitrogen and oxygen atoms in total. The third-order valence-corrected chi connectivity index (χ3v) is 3.45. The number of hydrogen-bond donors (Lipinski definition) is 1. The van der Waals surface area contributed by atoms with E-state index in [-0.39, 0.29) is 12.3 Å². The number of pyridine rings is 1. The quantitative estimate of drug-likeness (QED) is 0.517. The monoisotopic (exact) mass is 314 g/mol. The molecular formula is C17H18N2O4. The number of carbonyl (C=O) groups excluding carboxylic acids is 2. The summed E-state index contributed by atoms with van der Waals surface area (Å²) in [4.78, 5) is 23.9. The molecule has 1 heterocycles. The van der Waals surface area contributed by atoms with Crippen LogP contribution in [-0.2, 0) is 9.53 Å². The van der Waals surface area contributed by atoms with Gasteiger partial charge in [-0.2, -0.15) is 4.73 Å². The molecule has 1 N–H and O–H groups in total. The van der Waals surface area contributed by atoms with Crippen molar-refractivity contribution in [2.24, 2.45) is 0 Å². The van der Waals surface area contributed by atoms with E-state index in [1.165, 1.54) is 31.6 Å². The van der Waals surface area contributed by atoms with Crippen LogP contribution in [-0.4, -0.2) is 19.0 Å². The highest BCUT2D eigenvalue weighted by molar-refractivity contribution is 5.94. The van der Waals surface area contributed by atoms with E-state index in [1.807, 2.05) is 31.2 Å². The van der Waals surface area contributed by atoms with E-state index in [4.69, 9.17) is 4.74 Å². The van der Waals surface area contributed by atoms with Crippen molar-refractivity contribution in [1.29, 1.82) is 0 Å². The lowest BCUT2D eigenvalue weighted by Gasteiger charge is -2.18. The Balaban J connectivity index is 2.19. The second kappa shape index (κ2) is 7.40. The molecule has 0 saturated carbocycles. The van der Waals surface area contributed by atoms with Crippen LogP contribution in [0.25, 0.3) is 0 Å². The maximum absolute atomic E-state index is 12.3. The number of nitrogens with one attached hydrogen (secondary N) is 1. The Labute approximate surface area is 134 Å². The van der Waals surface area contributed by atoms with Crippen LogP contribution in [0.1, 0.15) is 33.9 Å². The summed E-state index contributed by atoms with van der Waals surface area (Å²) in [5.74, 6) is -0.776. The summed E-state index contributed by atoms with van der Waals surface area (Å²) in [6.07, 6.45) is 2.52. The van der Waals surface area contributed by atoms with Crippen molar-refractivity contribution < 1.29 is 19.1 Å². The van der Waals surface area contributed by atoms with Gasteiger partial charge in [0.15, 0.2) is 12.4 Å². The molecule has 120 valence electrons. The van der Waals surface area contributed by atoms with Gasteiger partial charge in [0.2, 0.25) is 0 Å². The van der Waals surface area contributed by atoms with Gasteiger partial charge in [-0.05, 0) is 12.5 Å². The Morgan fingerprint density at radius 2 is 1.78 bits per heavy atom. The Bertz CT molecular complexity index is 681. The zero-order valence-corrected chi connectivity index (χ0v) is 13.0. The molecular weight excluding hydrogens is 296 g/mol. The molecule has 0 radical (unpaired) electrons. The first-order valence-corrected chi connectivity index (χ1v) is 7.12. The zero-order valence-electron chi connectivity index (χ0n) is 13.0. The number of methoxy groups -OCH3 is 1. The van der Waals surface area contributed by atoms with Crippen LogP contribution in [0.4, 0.5) is 0 Å². The normalized spacial score (nSPS) is 11.6. The molecule has 0 aliphatic carbocycles. The van der Waals surface area contributed by atoms with E-state index in [2.05, 4.69) is 5.32 Å². The number of esters is 1. The van der Waals surface area contributed by atoms with E-state index >= 15 is 0 Å². The highest BCUT2D eigenvalue weighted by Crippen LogP contribution is 2.19. The fraction of sp³-hybridized carbons (Fsp3) is 0.235. The molecule has 0 fully saturated rings. The third kappa shape index (κ3) is 4.54. The lowest BCUT2D eigenvalue weighted by molar-refractivity contribution is -0.605. The topological polar surface area (TPSA) is 82.3 Å². The SMILES string of the molecule is COC(=O)CC(NC(=O)c1cc[n+]([O-])cc1)c1ccc(C)cc1. The van der Waals surface area contributed by atoms with Crippen LogP contribution in [0.2, 0.25) is 0 Å². The van der Waals surface area contributed by atoms with Crippen LogP contribution in [0.5, 0.6) is 0 Å². The minimum Gasteiger partial charge on any atom is -0.619 e. The molecule has 0 bridgehead atoms. The summed E-state index contributed by atoms with van der Waals surface area (Å²) in [5, 5.41) is 13.8. The van der Waals surface area contributed by atoms with Crippen LogP contribution in [0.3, 0.4) is 0 Å². The van der Waals surface area contributed by atoms with Crippen molar-refractivity contribution in [3.05, 3.63) is 70.7 Å². The number of ether oxygens (including phenoxy) is 1. The van der Waals surface area contributed by atoms with Gasteiger partial charge in [0.1, 0.15) is 0 Å². The molecule has 0 saturated heterocycles. The predicted molar refractivity (Wildman–Crippen MR) is 83.4 cm³/mol. The largest absolute Gasteiger partial charge is 0.619 e. The molecule has 1 aromatic heterocycles.